The molecule has 13 heavy (non-hydrogen) atoms. The Morgan fingerprint density at radius 3 is 2.77 bits per heavy atom. The summed E-state index contributed by atoms with van der Waals surface area (Å²) in [5.74, 6) is 0. The Hall–Kier alpha value is -1.02. The van der Waals surface area contributed by atoms with Crippen LogP contribution in [0.3, 0.4) is 0 Å². The number of fused-ring (bicyclic) bond motifs is 1. The Labute approximate surface area is 85.7 Å². The summed E-state index contributed by atoms with van der Waals surface area (Å²) in [6, 6.07) is 10.2. The molecule has 0 spiro atoms. The summed E-state index contributed by atoms with van der Waals surface area (Å²) in [5, 5.41) is 2.31. The minimum absolute atomic E-state index is 0.841. The molecule has 2 aromatic carbocycles. The van der Waals surface area contributed by atoms with Gasteiger partial charge in [0.05, 0.1) is 0 Å². The number of rotatable bonds is 0. The number of hydrogen-bond donors (Lipinski definition) is 1. The van der Waals surface area contributed by atoms with E-state index in [0.717, 1.165) is 15.5 Å². The van der Waals surface area contributed by atoms with Crippen molar-refractivity contribution in [2.24, 2.45) is 0 Å². The summed E-state index contributed by atoms with van der Waals surface area (Å²) in [6.45, 7) is 2.07. The first-order valence-corrected chi connectivity index (χ1v) is 4.92. The highest BCUT2D eigenvalue weighted by Gasteiger charge is 2.00. The van der Waals surface area contributed by atoms with Crippen LogP contribution in [-0.4, -0.2) is 0 Å². The van der Waals surface area contributed by atoms with Crippen molar-refractivity contribution in [1.29, 1.82) is 0 Å². The lowest BCUT2D eigenvalue weighted by atomic mass is 10.1. The fourth-order valence-corrected chi connectivity index (χ4v) is 1.79. The van der Waals surface area contributed by atoms with Crippen LogP contribution in [-0.2, 0) is 0 Å². The Kier molecular flexibility index (Phi) is 2.00. The Balaban J connectivity index is 2.89. The Morgan fingerprint density at radius 2 is 2.00 bits per heavy atom. The van der Waals surface area contributed by atoms with Crippen molar-refractivity contribution in [3.63, 3.8) is 0 Å². The molecule has 0 saturated carbocycles. The molecular weight excluding hydrogens is 226 g/mol. The van der Waals surface area contributed by atoms with Gasteiger partial charge in [0, 0.05) is 15.5 Å². The zero-order valence-electron chi connectivity index (χ0n) is 7.34. The first kappa shape index (κ1) is 8.57. The third-order valence-corrected chi connectivity index (χ3v) is 3.05. The predicted molar refractivity (Wildman–Crippen MR) is 60.8 cm³/mol. The average Bonchev–Trinajstić information content (AvgIpc) is 2.09. The van der Waals surface area contributed by atoms with Gasteiger partial charge in [0.25, 0.3) is 0 Å². The molecule has 0 heterocycles. The number of hydrogen-bond acceptors (Lipinski definition) is 1. The fraction of sp³-hybridized carbons (Fsp3) is 0.0909. The van der Waals surface area contributed by atoms with Crippen LogP contribution in [0.2, 0.25) is 0 Å². The number of halogens is 1. The first-order valence-electron chi connectivity index (χ1n) is 4.13. The van der Waals surface area contributed by atoms with E-state index in [-0.39, 0.29) is 0 Å². The fourth-order valence-electron chi connectivity index (χ4n) is 1.43. The maximum Gasteiger partial charge on any atom is 0.0393 e. The molecule has 66 valence electrons. The third-order valence-electron chi connectivity index (χ3n) is 2.19. The zero-order chi connectivity index (χ0) is 9.42. The molecule has 0 unspecified atom stereocenters. The van der Waals surface area contributed by atoms with Crippen molar-refractivity contribution < 1.29 is 0 Å². The van der Waals surface area contributed by atoms with E-state index < -0.39 is 0 Å². The van der Waals surface area contributed by atoms with Gasteiger partial charge in [-0.1, -0.05) is 28.1 Å². The lowest BCUT2D eigenvalue weighted by Gasteiger charge is -2.04. The van der Waals surface area contributed by atoms with E-state index in [2.05, 4.69) is 41.1 Å². The van der Waals surface area contributed by atoms with E-state index in [1.54, 1.807) is 0 Å². The maximum atomic E-state index is 5.86. The molecule has 0 amide bonds. The normalized spacial score (nSPS) is 10.6. The second kappa shape index (κ2) is 3.04. The van der Waals surface area contributed by atoms with Crippen molar-refractivity contribution in [2.75, 3.05) is 5.73 Å². The smallest absolute Gasteiger partial charge is 0.0393 e. The molecule has 0 bridgehead atoms. The van der Waals surface area contributed by atoms with Gasteiger partial charge in [-0.15, -0.1) is 0 Å². The second-order valence-electron chi connectivity index (χ2n) is 3.17. The summed E-state index contributed by atoms with van der Waals surface area (Å²) in [4.78, 5) is 0. The molecule has 0 aromatic heterocycles. The van der Waals surface area contributed by atoms with Crippen molar-refractivity contribution in [2.45, 2.75) is 6.92 Å². The molecule has 0 radical (unpaired) electrons. The van der Waals surface area contributed by atoms with Crippen LogP contribution in [0.5, 0.6) is 0 Å². The van der Waals surface area contributed by atoms with Crippen LogP contribution in [0, 0.1) is 6.92 Å². The summed E-state index contributed by atoms with van der Waals surface area (Å²) in [6.07, 6.45) is 0. The van der Waals surface area contributed by atoms with Crippen LogP contribution in [0.25, 0.3) is 10.8 Å². The van der Waals surface area contributed by atoms with Gasteiger partial charge in [-0.25, -0.2) is 0 Å². The van der Waals surface area contributed by atoms with Crippen LogP contribution < -0.4 is 5.73 Å². The van der Waals surface area contributed by atoms with Crippen molar-refractivity contribution in [1.82, 2.24) is 0 Å². The quantitative estimate of drug-likeness (QED) is 0.696. The second-order valence-corrected chi connectivity index (χ2v) is 4.02. The van der Waals surface area contributed by atoms with Gasteiger partial charge in [0.1, 0.15) is 0 Å². The number of nitrogen functional groups attached to an aromatic ring is 1. The summed E-state index contributed by atoms with van der Waals surface area (Å²) in [5.41, 5.74) is 7.91. The van der Waals surface area contributed by atoms with Gasteiger partial charge in [-0.3, -0.25) is 0 Å². The lowest BCUT2D eigenvalue weighted by molar-refractivity contribution is 1.46. The summed E-state index contributed by atoms with van der Waals surface area (Å²) in [7, 11) is 0. The van der Waals surface area contributed by atoms with Crippen LogP contribution in [0.15, 0.2) is 34.8 Å². The van der Waals surface area contributed by atoms with Gasteiger partial charge >= 0.3 is 0 Å². The van der Waals surface area contributed by atoms with Crippen LogP contribution >= 0.6 is 15.9 Å². The largest absolute Gasteiger partial charge is 0.398 e. The predicted octanol–water partition coefficient (Wildman–Crippen LogP) is 3.49. The standard InChI is InChI=1S/C11H10BrN/c1-7-5-9-8(6-10(7)12)3-2-4-11(9)13/h2-6H,13H2,1H3. The minimum atomic E-state index is 0.841. The summed E-state index contributed by atoms with van der Waals surface area (Å²) >= 11 is 3.50. The van der Waals surface area contributed by atoms with Crippen LogP contribution in [0.1, 0.15) is 5.56 Å². The van der Waals surface area contributed by atoms with E-state index in [1.165, 1.54) is 10.9 Å². The van der Waals surface area contributed by atoms with E-state index in [0.29, 0.717) is 0 Å². The minimum Gasteiger partial charge on any atom is -0.398 e. The molecule has 0 saturated heterocycles. The van der Waals surface area contributed by atoms with Gasteiger partial charge < -0.3 is 5.73 Å². The van der Waals surface area contributed by atoms with Gasteiger partial charge in [-0.2, -0.15) is 0 Å². The highest BCUT2D eigenvalue weighted by molar-refractivity contribution is 9.10. The Morgan fingerprint density at radius 1 is 1.23 bits per heavy atom. The van der Waals surface area contributed by atoms with Gasteiger partial charge in [-0.05, 0) is 36.1 Å². The highest BCUT2D eigenvalue weighted by atomic mass is 79.9. The van der Waals surface area contributed by atoms with Crippen LogP contribution in [0.4, 0.5) is 5.69 Å². The summed E-state index contributed by atoms with van der Waals surface area (Å²) < 4.78 is 1.13. The number of anilines is 1. The van der Waals surface area contributed by atoms with E-state index in [1.807, 2.05) is 12.1 Å². The number of aryl methyl sites for hydroxylation is 1. The van der Waals surface area contributed by atoms with E-state index in [9.17, 15) is 0 Å². The van der Waals surface area contributed by atoms with Gasteiger partial charge in [0.2, 0.25) is 0 Å². The number of benzene rings is 2. The molecule has 2 rings (SSSR count). The topological polar surface area (TPSA) is 26.0 Å². The third kappa shape index (κ3) is 1.42. The van der Waals surface area contributed by atoms with Gasteiger partial charge in [0.15, 0.2) is 0 Å². The van der Waals surface area contributed by atoms with E-state index in [4.69, 9.17) is 5.73 Å². The highest BCUT2D eigenvalue weighted by Crippen LogP contribution is 2.27. The molecular formula is C11H10BrN. The van der Waals surface area contributed by atoms with E-state index >= 15 is 0 Å². The molecule has 0 aliphatic rings. The molecule has 0 atom stereocenters. The molecule has 2 N–H and O–H groups in total. The monoisotopic (exact) mass is 235 g/mol. The number of nitrogens with two attached hydrogens (primary N) is 1. The molecule has 2 aromatic rings. The zero-order valence-corrected chi connectivity index (χ0v) is 8.93. The maximum absolute atomic E-state index is 5.86. The lowest BCUT2D eigenvalue weighted by Crippen LogP contribution is -1.87. The first-order chi connectivity index (χ1) is 6.18. The molecule has 1 nitrogen and oxygen atoms in total. The average molecular weight is 236 g/mol. The van der Waals surface area contributed by atoms with Crippen molar-refractivity contribution in [3.05, 3.63) is 40.4 Å². The SMILES string of the molecule is Cc1cc2c(N)cccc2cc1Br. The molecule has 0 fully saturated rings. The van der Waals surface area contributed by atoms with Crippen molar-refractivity contribution >= 4 is 32.4 Å². The Bertz CT molecular complexity index is 463. The van der Waals surface area contributed by atoms with Crippen molar-refractivity contribution in [3.8, 4) is 0 Å². The molecule has 0 aliphatic heterocycles. The molecule has 0 aliphatic carbocycles. The molecule has 2 heteroatoms.